The van der Waals surface area contributed by atoms with Crippen LogP contribution in [0.1, 0.15) is 36.3 Å². The summed E-state index contributed by atoms with van der Waals surface area (Å²) in [5.74, 6) is 0.850. The lowest BCUT2D eigenvalue weighted by atomic mass is 10.4. The van der Waals surface area contributed by atoms with E-state index in [9.17, 15) is 0 Å². The Bertz CT molecular complexity index is 440. The zero-order valence-corrected chi connectivity index (χ0v) is 13.3. The molecule has 0 aliphatic heterocycles. The van der Waals surface area contributed by atoms with Crippen molar-refractivity contribution < 1.29 is 4.74 Å². The number of nitrogens with one attached hydrogen (secondary N) is 1. The van der Waals surface area contributed by atoms with E-state index in [0.29, 0.717) is 0 Å². The van der Waals surface area contributed by atoms with Gasteiger partial charge in [0.25, 0.3) is 0 Å². The topological polar surface area (TPSA) is 37.4 Å². The third kappa shape index (κ3) is 4.17. The lowest BCUT2D eigenvalue weighted by Crippen LogP contribution is -2.22. The van der Waals surface area contributed by atoms with Crippen LogP contribution in [-0.2, 0) is 11.3 Å². The van der Waals surface area contributed by atoms with Crippen molar-refractivity contribution in [1.29, 1.82) is 0 Å². The minimum atomic E-state index is 0.758. The highest BCUT2D eigenvalue weighted by molar-refractivity contribution is 7.15. The van der Waals surface area contributed by atoms with Crippen LogP contribution in [0.3, 0.4) is 0 Å². The predicted octanol–water partition coefficient (Wildman–Crippen LogP) is 2.57. The zero-order chi connectivity index (χ0) is 13.9. The summed E-state index contributed by atoms with van der Waals surface area (Å²) < 4.78 is 5.70. The number of likely N-dealkylation sites (N-methyl/N-ethyl adjacent to an activating group) is 1. The van der Waals surface area contributed by atoms with Crippen molar-refractivity contribution in [2.24, 2.45) is 5.92 Å². The van der Waals surface area contributed by atoms with Gasteiger partial charge in [-0.05, 0) is 38.5 Å². The average molecular weight is 295 g/mol. The lowest BCUT2D eigenvalue weighted by molar-refractivity contribution is 0.131. The van der Waals surface area contributed by atoms with Gasteiger partial charge in [0.15, 0.2) is 5.13 Å². The summed E-state index contributed by atoms with van der Waals surface area (Å²) in [6.45, 7) is 5.76. The summed E-state index contributed by atoms with van der Waals surface area (Å²) >= 11 is 1.81. The number of nitrogens with zero attached hydrogens (tertiary/aromatic N) is 2. The molecule has 112 valence electrons. The molecule has 0 saturated heterocycles. The minimum Gasteiger partial charge on any atom is -0.379 e. The monoisotopic (exact) mass is 295 g/mol. The number of aromatic nitrogens is 1. The second-order valence-corrected chi connectivity index (χ2v) is 7.16. The van der Waals surface area contributed by atoms with Gasteiger partial charge in [0.1, 0.15) is 0 Å². The van der Waals surface area contributed by atoms with Gasteiger partial charge in [-0.25, -0.2) is 4.98 Å². The van der Waals surface area contributed by atoms with Crippen LogP contribution >= 0.6 is 11.3 Å². The third-order valence-corrected chi connectivity index (χ3v) is 5.23. The standard InChI is InChI=1S/C15H25N3OS/c1-11-14(9-16-13-5-6-13)20-15(17-11)18(2)7-8-19-10-12-3-4-12/h12-13,16H,3-10H2,1-2H3. The molecule has 0 radical (unpaired) electrons. The molecule has 0 aromatic carbocycles. The molecule has 1 aromatic rings. The Morgan fingerprint density at radius 2 is 2.15 bits per heavy atom. The molecule has 2 saturated carbocycles. The molecule has 4 nitrogen and oxygen atoms in total. The zero-order valence-electron chi connectivity index (χ0n) is 12.5. The van der Waals surface area contributed by atoms with Gasteiger partial charge in [0.05, 0.1) is 12.3 Å². The number of anilines is 1. The molecule has 1 N–H and O–H groups in total. The normalized spacial score (nSPS) is 18.5. The molecule has 2 fully saturated rings. The van der Waals surface area contributed by atoms with Crippen LogP contribution in [0.25, 0.3) is 0 Å². The van der Waals surface area contributed by atoms with E-state index in [0.717, 1.165) is 43.4 Å². The van der Waals surface area contributed by atoms with Gasteiger partial charge < -0.3 is 15.0 Å². The quantitative estimate of drug-likeness (QED) is 0.711. The largest absolute Gasteiger partial charge is 0.379 e. The van der Waals surface area contributed by atoms with Crippen molar-refractivity contribution in [3.05, 3.63) is 10.6 Å². The van der Waals surface area contributed by atoms with Crippen LogP contribution in [0.5, 0.6) is 0 Å². The summed E-state index contributed by atoms with van der Waals surface area (Å²) in [6.07, 6.45) is 5.39. The lowest BCUT2D eigenvalue weighted by Gasteiger charge is -2.15. The summed E-state index contributed by atoms with van der Waals surface area (Å²) in [5, 5.41) is 4.68. The smallest absolute Gasteiger partial charge is 0.185 e. The van der Waals surface area contributed by atoms with Gasteiger partial charge in [-0.3, -0.25) is 0 Å². The molecule has 5 heteroatoms. The van der Waals surface area contributed by atoms with E-state index in [4.69, 9.17) is 4.74 Å². The predicted molar refractivity (Wildman–Crippen MR) is 83.5 cm³/mol. The summed E-state index contributed by atoms with van der Waals surface area (Å²) in [4.78, 5) is 8.27. The molecule has 3 rings (SSSR count). The number of hydrogen-bond donors (Lipinski definition) is 1. The van der Waals surface area contributed by atoms with Crippen LogP contribution in [0.2, 0.25) is 0 Å². The third-order valence-electron chi connectivity index (χ3n) is 3.96. The van der Waals surface area contributed by atoms with Gasteiger partial charge in [-0.15, -0.1) is 11.3 Å². The van der Waals surface area contributed by atoms with Gasteiger partial charge in [0.2, 0.25) is 0 Å². The number of ether oxygens (including phenoxy) is 1. The van der Waals surface area contributed by atoms with Gasteiger partial charge in [0, 0.05) is 37.7 Å². The Morgan fingerprint density at radius 1 is 1.35 bits per heavy atom. The Balaban J connectivity index is 1.43. The summed E-state index contributed by atoms with van der Waals surface area (Å²) in [7, 11) is 2.11. The van der Waals surface area contributed by atoms with Crippen molar-refractivity contribution >= 4 is 16.5 Å². The summed E-state index contributed by atoms with van der Waals surface area (Å²) in [5.41, 5.74) is 1.17. The first-order chi connectivity index (χ1) is 9.72. The molecule has 0 bridgehead atoms. The molecular formula is C15H25N3OS. The molecular weight excluding hydrogens is 270 g/mol. The van der Waals surface area contributed by atoms with Gasteiger partial charge in [-0.1, -0.05) is 0 Å². The molecule has 1 aromatic heterocycles. The fourth-order valence-corrected chi connectivity index (χ4v) is 3.10. The van der Waals surface area contributed by atoms with Crippen LogP contribution < -0.4 is 10.2 Å². The van der Waals surface area contributed by atoms with E-state index in [-0.39, 0.29) is 0 Å². The molecule has 0 atom stereocenters. The second-order valence-electron chi connectivity index (χ2n) is 6.10. The van der Waals surface area contributed by atoms with Crippen LogP contribution in [0.15, 0.2) is 0 Å². The Morgan fingerprint density at radius 3 is 2.85 bits per heavy atom. The van der Waals surface area contributed by atoms with Crippen molar-refractivity contribution in [3.8, 4) is 0 Å². The first-order valence-corrected chi connectivity index (χ1v) is 8.52. The summed E-state index contributed by atoms with van der Waals surface area (Å²) in [6, 6.07) is 0.758. The van der Waals surface area contributed by atoms with Crippen LogP contribution in [0, 0.1) is 12.8 Å². The number of hydrogen-bond acceptors (Lipinski definition) is 5. The van der Waals surface area contributed by atoms with E-state index >= 15 is 0 Å². The first kappa shape index (κ1) is 14.3. The molecule has 20 heavy (non-hydrogen) atoms. The molecule has 2 aliphatic carbocycles. The maximum atomic E-state index is 5.70. The van der Waals surface area contributed by atoms with Crippen LogP contribution in [-0.4, -0.2) is 37.8 Å². The Kier molecular flexibility index (Phi) is 4.58. The van der Waals surface area contributed by atoms with Crippen molar-refractivity contribution in [1.82, 2.24) is 10.3 Å². The molecule has 0 amide bonds. The van der Waals surface area contributed by atoms with E-state index in [1.165, 1.54) is 36.3 Å². The fourth-order valence-electron chi connectivity index (χ4n) is 2.10. The van der Waals surface area contributed by atoms with Crippen LogP contribution in [0.4, 0.5) is 5.13 Å². The van der Waals surface area contributed by atoms with Crippen molar-refractivity contribution in [3.63, 3.8) is 0 Å². The van der Waals surface area contributed by atoms with E-state index in [2.05, 4.69) is 29.2 Å². The molecule has 0 unspecified atom stereocenters. The number of thiazole rings is 1. The Hall–Kier alpha value is -0.650. The van der Waals surface area contributed by atoms with E-state index in [1.807, 2.05) is 11.3 Å². The highest BCUT2D eigenvalue weighted by atomic mass is 32.1. The van der Waals surface area contributed by atoms with Gasteiger partial charge in [-0.2, -0.15) is 0 Å². The Labute approximate surface area is 125 Å². The fraction of sp³-hybridized carbons (Fsp3) is 0.800. The van der Waals surface area contributed by atoms with Crippen molar-refractivity contribution in [2.75, 3.05) is 31.7 Å². The van der Waals surface area contributed by atoms with Gasteiger partial charge >= 0.3 is 0 Å². The molecule has 1 heterocycles. The number of rotatable bonds is 9. The molecule has 2 aliphatic rings. The first-order valence-electron chi connectivity index (χ1n) is 7.71. The second kappa shape index (κ2) is 6.41. The SMILES string of the molecule is Cc1nc(N(C)CCOCC2CC2)sc1CNC1CC1. The van der Waals surface area contributed by atoms with E-state index < -0.39 is 0 Å². The average Bonchev–Trinajstić information content (AvgIpc) is 3.33. The number of aryl methyl sites for hydroxylation is 1. The van der Waals surface area contributed by atoms with E-state index in [1.54, 1.807) is 0 Å². The van der Waals surface area contributed by atoms with Crippen molar-refractivity contribution in [2.45, 2.75) is 45.2 Å². The minimum absolute atomic E-state index is 0.758. The highest BCUT2D eigenvalue weighted by Gasteiger charge is 2.22. The maximum Gasteiger partial charge on any atom is 0.185 e. The maximum absolute atomic E-state index is 5.70. The molecule has 0 spiro atoms. The highest BCUT2D eigenvalue weighted by Crippen LogP contribution is 2.29.